The molecule has 0 saturated carbocycles. The highest BCUT2D eigenvalue weighted by Crippen LogP contribution is 2.29. The minimum absolute atomic E-state index is 0.147. The van der Waals surface area contributed by atoms with E-state index in [9.17, 15) is 35.3 Å². The minimum Gasteiger partial charge on any atom is -0.395 e. The van der Waals surface area contributed by atoms with Crippen molar-refractivity contribution in [2.75, 3.05) is 57.7 Å². The van der Waals surface area contributed by atoms with E-state index in [0.29, 0.717) is 64.2 Å². The van der Waals surface area contributed by atoms with Crippen LogP contribution in [0, 0.1) is 10.1 Å². The molecule has 0 spiro atoms. The summed E-state index contributed by atoms with van der Waals surface area (Å²) >= 11 is 0. The van der Waals surface area contributed by atoms with Gasteiger partial charge in [-0.15, -0.1) is 0 Å². The smallest absolute Gasteiger partial charge is 0.292 e. The summed E-state index contributed by atoms with van der Waals surface area (Å²) in [5.74, 6) is 0. The number of likely N-dealkylation sites (tertiary alicyclic amines) is 1. The van der Waals surface area contributed by atoms with E-state index in [1.807, 2.05) is 0 Å². The Bertz CT molecular complexity index is 917. The number of nitrogens with zero attached hydrogens (tertiary/aromatic N) is 6. The number of nitrogens with one attached hydrogen (secondary N) is 2. The predicted octanol–water partition coefficient (Wildman–Crippen LogP) is -0.0740. The van der Waals surface area contributed by atoms with Gasteiger partial charge in [0, 0.05) is 36.3 Å². The minimum atomic E-state index is -1.30. The fraction of sp³-hybridized carbons (Fsp3) is 0.682. The molecule has 0 aromatic heterocycles. The second kappa shape index (κ2) is 15.9. The maximum atomic E-state index is 11.4. The fourth-order valence-corrected chi connectivity index (χ4v) is 4.39. The summed E-state index contributed by atoms with van der Waals surface area (Å²) in [5.41, 5.74) is 8.82. The number of carbonyl (C=O) groups is 1. The molecule has 4 atom stereocenters. The summed E-state index contributed by atoms with van der Waals surface area (Å²) in [5, 5.41) is 60.1. The molecule has 0 unspecified atom stereocenters. The number of nitro benzene ring substituents is 1. The second-order valence-corrected chi connectivity index (χ2v) is 8.84. The molecule has 6 N–H and O–H groups in total. The Balaban J connectivity index is 1.89. The number of anilines is 1. The van der Waals surface area contributed by atoms with Crippen LogP contribution in [0.15, 0.2) is 23.3 Å². The van der Waals surface area contributed by atoms with Crippen molar-refractivity contribution in [2.45, 2.75) is 43.6 Å². The van der Waals surface area contributed by atoms with Crippen LogP contribution in [0.1, 0.15) is 19.3 Å². The van der Waals surface area contributed by atoms with Gasteiger partial charge in [-0.3, -0.25) is 19.8 Å². The zero-order valence-corrected chi connectivity index (χ0v) is 20.6. The molecule has 1 aliphatic rings. The maximum Gasteiger partial charge on any atom is 0.292 e. The molecular weight excluding hydrogens is 488 g/mol. The Morgan fingerprint density at radius 3 is 2.54 bits per heavy atom. The van der Waals surface area contributed by atoms with Crippen molar-refractivity contribution in [1.29, 1.82) is 0 Å². The Labute approximate surface area is 214 Å². The maximum absolute atomic E-state index is 11.4. The lowest BCUT2D eigenvalue weighted by molar-refractivity contribution is -0.383. The van der Waals surface area contributed by atoms with Gasteiger partial charge in [0.15, 0.2) is 0 Å². The van der Waals surface area contributed by atoms with Crippen LogP contribution in [0.2, 0.25) is 0 Å². The molecule has 0 bridgehead atoms. The Hall–Kier alpha value is -3.04. The third-order valence-corrected chi connectivity index (χ3v) is 6.32. The summed E-state index contributed by atoms with van der Waals surface area (Å²) in [4.78, 5) is 28.0. The van der Waals surface area contributed by atoms with Crippen LogP contribution in [0.5, 0.6) is 0 Å². The Morgan fingerprint density at radius 1 is 1.19 bits per heavy atom. The lowest BCUT2D eigenvalue weighted by Gasteiger charge is -2.43. The Morgan fingerprint density at radius 2 is 1.89 bits per heavy atom. The molecule has 1 heterocycles. The van der Waals surface area contributed by atoms with Gasteiger partial charge in [0.2, 0.25) is 6.41 Å². The number of benzene rings is 1. The van der Waals surface area contributed by atoms with Crippen molar-refractivity contribution in [3.8, 4) is 0 Å². The van der Waals surface area contributed by atoms with E-state index in [2.05, 4.69) is 25.6 Å². The first kappa shape index (κ1) is 30.2. The quantitative estimate of drug-likeness (QED) is 0.0303. The third kappa shape index (κ3) is 9.40. The number of carbonyl (C=O) groups excluding carboxylic acids is 1. The zero-order chi connectivity index (χ0) is 27.2. The molecule has 2 rings (SSSR count). The van der Waals surface area contributed by atoms with E-state index in [-0.39, 0.29) is 24.5 Å². The number of azide groups is 1. The van der Waals surface area contributed by atoms with E-state index < -0.39 is 29.3 Å². The molecular formula is C22H36N8O7. The molecule has 1 aromatic carbocycles. The number of piperidine rings is 1. The lowest BCUT2D eigenvalue weighted by Crippen LogP contribution is -2.62. The largest absolute Gasteiger partial charge is 0.395 e. The van der Waals surface area contributed by atoms with Crippen molar-refractivity contribution < 1.29 is 30.1 Å². The molecule has 15 nitrogen and oxygen atoms in total. The monoisotopic (exact) mass is 524 g/mol. The number of rotatable bonds is 17. The lowest BCUT2D eigenvalue weighted by atomic mass is 9.94. The van der Waals surface area contributed by atoms with Gasteiger partial charge in [0.25, 0.3) is 5.69 Å². The first-order valence-electron chi connectivity index (χ1n) is 12.2. The number of amides is 1. The average molecular weight is 525 g/mol. The van der Waals surface area contributed by atoms with Gasteiger partial charge >= 0.3 is 0 Å². The number of hydrogen-bond donors (Lipinski definition) is 6. The highest BCUT2D eigenvalue weighted by atomic mass is 16.6. The molecule has 1 aromatic rings. The summed E-state index contributed by atoms with van der Waals surface area (Å²) in [7, 11) is 0. The average Bonchev–Trinajstić information content (AvgIpc) is 2.88. The van der Waals surface area contributed by atoms with Crippen molar-refractivity contribution in [3.05, 3.63) is 38.8 Å². The summed E-state index contributed by atoms with van der Waals surface area (Å²) in [6, 6.07) is 3.55. The highest BCUT2D eigenvalue weighted by molar-refractivity contribution is 5.66. The second-order valence-electron chi connectivity index (χ2n) is 8.84. The SMILES string of the molecule is [N-]=[N+]=Nc1ccc(NCCCN(CCCNC=O)CCCN2C[C@H](O)[C@@H](O)[C@H](O)[C@H]2CO)c([N+](=O)[O-])c1. The van der Waals surface area contributed by atoms with Gasteiger partial charge in [-0.25, -0.2) is 0 Å². The highest BCUT2D eigenvalue weighted by Gasteiger charge is 2.40. The van der Waals surface area contributed by atoms with E-state index in [1.54, 1.807) is 4.90 Å². The standard InChI is InChI=1S/C22H36N8O7/c23-27-26-16-4-5-17(18(12-16)30(36)37)25-7-2-9-28(8-1-6-24-15-32)10-3-11-29-13-20(33)22(35)21(34)19(29)14-31/h4-5,12,15,19-22,25,31,33-35H,1-3,6-11,13-14H2,(H,24,32)/t19-,20+,21-,22-/m1/s1. The predicted molar refractivity (Wildman–Crippen MR) is 135 cm³/mol. The van der Waals surface area contributed by atoms with Gasteiger partial charge in [-0.2, -0.15) is 0 Å². The normalized spacial score (nSPS) is 21.9. The van der Waals surface area contributed by atoms with Gasteiger partial charge in [-0.1, -0.05) is 11.2 Å². The molecule has 0 aliphatic carbocycles. The molecule has 37 heavy (non-hydrogen) atoms. The van der Waals surface area contributed by atoms with Crippen LogP contribution in [0.25, 0.3) is 10.4 Å². The van der Waals surface area contributed by atoms with Crippen LogP contribution in [0.4, 0.5) is 17.1 Å². The number of aliphatic hydroxyl groups is 4. The zero-order valence-electron chi connectivity index (χ0n) is 20.6. The first-order chi connectivity index (χ1) is 17.8. The van der Waals surface area contributed by atoms with Crippen molar-refractivity contribution >= 4 is 23.5 Å². The van der Waals surface area contributed by atoms with Crippen molar-refractivity contribution in [1.82, 2.24) is 15.1 Å². The van der Waals surface area contributed by atoms with Gasteiger partial charge in [0.05, 0.1) is 23.7 Å². The van der Waals surface area contributed by atoms with Gasteiger partial charge in [0.1, 0.15) is 17.9 Å². The van der Waals surface area contributed by atoms with Gasteiger partial charge < -0.3 is 36.0 Å². The number of β-amino-alcohol motifs (C(OH)–C–C–N with tert-alkyl or cyclic N) is 1. The van der Waals surface area contributed by atoms with Crippen molar-refractivity contribution in [3.63, 3.8) is 0 Å². The summed E-state index contributed by atoms with van der Waals surface area (Å²) in [6.45, 7) is 3.34. The number of aliphatic hydroxyl groups excluding tert-OH is 4. The molecule has 1 aliphatic heterocycles. The van der Waals surface area contributed by atoms with E-state index in [0.717, 1.165) is 6.42 Å². The van der Waals surface area contributed by atoms with E-state index >= 15 is 0 Å². The van der Waals surface area contributed by atoms with Gasteiger partial charge in [-0.05, 0) is 57.0 Å². The Kier molecular flexibility index (Phi) is 13.0. The van der Waals surface area contributed by atoms with E-state index in [1.165, 1.54) is 18.2 Å². The molecule has 1 fully saturated rings. The van der Waals surface area contributed by atoms with E-state index in [4.69, 9.17) is 5.53 Å². The molecule has 0 radical (unpaired) electrons. The summed E-state index contributed by atoms with van der Waals surface area (Å²) in [6.07, 6.45) is -0.922. The van der Waals surface area contributed by atoms with Crippen LogP contribution in [-0.2, 0) is 4.79 Å². The van der Waals surface area contributed by atoms with Crippen LogP contribution in [-0.4, -0.2) is 118 Å². The first-order valence-corrected chi connectivity index (χ1v) is 12.2. The molecule has 15 heteroatoms. The van der Waals surface area contributed by atoms with Crippen LogP contribution >= 0.6 is 0 Å². The number of hydrogen-bond acceptors (Lipinski definition) is 11. The summed E-state index contributed by atoms with van der Waals surface area (Å²) < 4.78 is 0. The van der Waals surface area contributed by atoms with Crippen LogP contribution in [0.3, 0.4) is 0 Å². The van der Waals surface area contributed by atoms with Crippen molar-refractivity contribution in [2.24, 2.45) is 5.11 Å². The topological polar surface area (TPSA) is 220 Å². The van der Waals surface area contributed by atoms with Crippen LogP contribution < -0.4 is 10.6 Å². The molecule has 1 amide bonds. The molecule has 206 valence electrons. The number of nitro groups is 1. The molecule has 1 saturated heterocycles. The fourth-order valence-electron chi connectivity index (χ4n) is 4.39. The third-order valence-electron chi connectivity index (χ3n) is 6.32.